The van der Waals surface area contributed by atoms with Gasteiger partial charge in [0.15, 0.2) is 0 Å². The number of rotatable bonds is 6. The van der Waals surface area contributed by atoms with Crippen LogP contribution in [0.25, 0.3) is 10.9 Å². The molecule has 126 valence electrons. The average Bonchev–Trinajstić information content (AvgIpc) is 3.23. The van der Waals surface area contributed by atoms with E-state index in [0.29, 0.717) is 19.5 Å². The lowest BCUT2D eigenvalue weighted by Crippen LogP contribution is -2.38. The first-order valence-electron chi connectivity index (χ1n) is 7.80. The Morgan fingerprint density at radius 3 is 3.08 bits per heavy atom. The van der Waals surface area contributed by atoms with Crippen molar-refractivity contribution in [1.29, 1.82) is 0 Å². The normalized spacial score (nSPS) is 12.2. The van der Waals surface area contributed by atoms with Crippen LogP contribution in [0.1, 0.15) is 23.4 Å². The van der Waals surface area contributed by atoms with Gasteiger partial charge in [0.1, 0.15) is 5.82 Å². The number of hydrogen-bond acceptors (Lipinski definition) is 3. The third-order valence-corrected chi connectivity index (χ3v) is 4.86. The predicted molar refractivity (Wildman–Crippen MR) is 93.9 cm³/mol. The van der Waals surface area contributed by atoms with E-state index in [1.165, 1.54) is 12.1 Å². The molecule has 3 N–H and O–H groups in total. The molecule has 0 saturated heterocycles. The van der Waals surface area contributed by atoms with Crippen molar-refractivity contribution in [3.63, 3.8) is 0 Å². The second-order valence-electron chi connectivity index (χ2n) is 5.66. The molecule has 1 aromatic carbocycles. The third-order valence-electron chi connectivity index (χ3n) is 3.85. The van der Waals surface area contributed by atoms with Crippen LogP contribution < -0.4 is 10.6 Å². The van der Waals surface area contributed by atoms with Gasteiger partial charge in [0.2, 0.25) is 0 Å². The van der Waals surface area contributed by atoms with Crippen molar-refractivity contribution in [2.24, 2.45) is 0 Å². The van der Waals surface area contributed by atoms with Gasteiger partial charge >= 0.3 is 6.03 Å². The lowest BCUT2D eigenvalue weighted by atomic mass is 10.1. The monoisotopic (exact) mass is 346 g/mol. The summed E-state index contributed by atoms with van der Waals surface area (Å²) in [6.07, 6.45) is 4.26. The van der Waals surface area contributed by atoms with Gasteiger partial charge < -0.3 is 15.6 Å². The molecule has 0 fully saturated rings. The molecule has 0 aliphatic carbocycles. The fourth-order valence-corrected chi connectivity index (χ4v) is 3.24. The Labute approximate surface area is 143 Å². The van der Waals surface area contributed by atoms with Crippen LogP contribution in [0.15, 0.2) is 36.0 Å². The van der Waals surface area contributed by atoms with E-state index in [9.17, 15) is 9.18 Å². The van der Waals surface area contributed by atoms with Gasteiger partial charge in [-0.05, 0) is 30.2 Å². The Kier molecular flexibility index (Phi) is 5.10. The summed E-state index contributed by atoms with van der Waals surface area (Å²) in [4.78, 5) is 19.2. The SMILES string of the molecule is CC(CNC(=O)NCCc1c[nH]c2ccc(F)cc12)c1nccs1. The first-order chi connectivity index (χ1) is 11.6. The van der Waals surface area contributed by atoms with Crippen LogP contribution in [0, 0.1) is 5.82 Å². The summed E-state index contributed by atoms with van der Waals surface area (Å²) in [5.74, 6) is -0.0717. The van der Waals surface area contributed by atoms with E-state index in [0.717, 1.165) is 21.5 Å². The average molecular weight is 346 g/mol. The van der Waals surface area contributed by atoms with Crippen LogP contribution in [-0.4, -0.2) is 29.1 Å². The summed E-state index contributed by atoms with van der Waals surface area (Å²) >= 11 is 1.58. The molecule has 5 nitrogen and oxygen atoms in total. The fourth-order valence-electron chi connectivity index (χ4n) is 2.54. The Morgan fingerprint density at radius 1 is 1.42 bits per heavy atom. The van der Waals surface area contributed by atoms with Crippen molar-refractivity contribution in [3.8, 4) is 0 Å². The lowest BCUT2D eigenvalue weighted by molar-refractivity contribution is 0.240. The number of fused-ring (bicyclic) bond motifs is 1. The Balaban J connectivity index is 1.45. The largest absolute Gasteiger partial charge is 0.361 e. The zero-order chi connectivity index (χ0) is 16.9. The summed E-state index contributed by atoms with van der Waals surface area (Å²) in [5, 5.41) is 9.47. The number of halogens is 1. The summed E-state index contributed by atoms with van der Waals surface area (Å²) in [5.41, 5.74) is 1.88. The highest BCUT2D eigenvalue weighted by atomic mass is 32.1. The minimum atomic E-state index is -0.259. The highest BCUT2D eigenvalue weighted by molar-refractivity contribution is 7.09. The van der Waals surface area contributed by atoms with Crippen LogP contribution in [0.4, 0.5) is 9.18 Å². The predicted octanol–water partition coefficient (Wildman–Crippen LogP) is 3.41. The molecule has 0 bridgehead atoms. The van der Waals surface area contributed by atoms with E-state index in [1.807, 2.05) is 18.5 Å². The van der Waals surface area contributed by atoms with Crippen LogP contribution in [0.3, 0.4) is 0 Å². The van der Waals surface area contributed by atoms with Gasteiger partial charge in [0, 0.05) is 47.7 Å². The van der Waals surface area contributed by atoms with Crippen LogP contribution >= 0.6 is 11.3 Å². The van der Waals surface area contributed by atoms with E-state index >= 15 is 0 Å². The lowest BCUT2D eigenvalue weighted by Gasteiger charge is -2.11. The Bertz CT molecular complexity index is 815. The molecule has 2 amide bonds. The number of H-pyrrole nitrogens is 1. The van der Waals surface area contributed by atoms with Crippen LogP contribution in [0.2, 0.25) is 0 Å². The summed E-state index contributed by atoms with van der Waals surface area (Å²) in [6.45, 7) is 3.05. The molecule has 0 aliphatic heterocycles. The molecular weight excluding hydrogens is 327 g/mol. The number of amides is 2. The highest BCUT2D eigenvalue weighted by Crippen LogP contribution is 2.19. The van der Waals surface area contributed by atoms with Gasteiger partial charge in [-0.2, -0.15) is 0 Å². The quantitative estimate of drug-likeness (QED) is 0.640. The molecule has 3 aromatic rings. The van der Waals surface area contributed by atoms with Gasteiger partial charge in [0.05, 0.1) is 5.01 Å². The van der Waals surface area contributed by atoms with Crippen molar-refractivity contribution >= 4 is 28.3 Å². The topological polar surface area (TPSA) is 69.8 Å². The van der Waals surface area contributed by atoms with Gasteiger partial charge in [-0.3, -0.25) is 0 Å². The van der Waals surface area contributed by atoms with Crippen molar-refractivity contribution in [2.75, 3.05) is 13.1 Å². The van der Waals surface area contributed by atoms with Crippen molar-refractivity contribution < 1.29 is 9.18 Å². The molecule has 7 heteroatoms. The number of nitrogens with zero attached hydrogens (tertiary/aromatic N) is 1. The number of carbonyl (C=O) groups excluding carboxylic acids is 1. The molecular formula is C17H19FN4OS. The molecule has 2 aromatic heterocycles. The number of carbonyl (C=O) groups is 1. The van der Waals surface area contributed by atoms with Gasteiger partial charge in [-0.1, -0.05) is 6.92 Å². The number of aromatic nitrogens is 2. The zero-order valence-corrected chi connectivity index (χ0v) is 14.1. The Morgan fingerprint density at radius 2 is 2.29 bits per heavy atom. The molecule has 0 radical (unpaired) electrons. The Hall–Kier alpha value is -2.41. The third kappa shape index (κ3) is 3.91. The first kappa shape index (κ1) is 16.4. The summed E-state index contributed by atoms with van der Waals surface area (Å²) in [7, 11) is 0. The maximum Gasteiger partial charge on any atom is 0.314 e. The maximum absolute atomic E-state index is 13.3. The zero-order valence-electron chi connectivity index (χ0n) is 13.3. The fraction of sp³-hybridized carbons (Fsp3) is 0.294. The van der Waals surface area contributed by atoms with E-state index in [2.05, 4.69) is 20.6 Å². The molecule has 0 aliphatic rings. The van der Waals surface area contributed by atoms with Crippen LogP contribution in [-0.2, 0) is 6.42 Å². The van der Waals surface area contributed by atoms with Crippen molar-refractivity contribution in [2.45, 2.75) is 19.3 Å². The molecule has 3 rings (SSSR count). The summed E-state index contributed by atoms with van der Waals surface area (Å²) in [6, 6.07) is 4.45. The number of aromatic amines is 1. The van der Waals surface area contributed by atoms with E-state index < -0.39 is 0 Å². The smallest absolute Gasteiger partial charge is 0.314 e. The molecule has 2 heterocycles. The number of hydrogen-bond donors (Lipinski definition) is 3. The molecule has 1 unspecified atom stereocenters. The minimum Gasteiger partial charge on any atom is -0.361 e. The van der Waals surface area contributed by atoms with E-state index in [4.69, 9.17) is 0 Å². The molecule has 24 heavy (non-hydrogen) atoms. The number of nitrogens with one attached hydrogen (secondary N) is 3. The standard InChI is InChI=1S/C17H19FN4OS/c1-11(16-19-6-7-24-16)9-22-17(23)20-5-4-12-10-21-15-3-2-13(18)8-14(12)15/h2-3,6-8,10-11,21H,4-5,9H2,1H3,(H2,20,22,23). The second-order valence-corrected chi connectivity index (χ2v) is 6.59. The van der Waals surface area contributed by atoms with E-state index in [-0.39, 0.29) is 17.8 Å². The number of urea groups is 1. The van der Waals surface area contributed by atoms with Crippen molar-refractivity contribution in [3.05, 3.63) is 52.4 Å². The van der Waals surface area contributed by atoms with Gasteiger partial charge in [-0.15, -0.1) is 11.3 Å². The molecule has 1 atom stereocenters. The number of thiazole rings is 1. The number of benzene rings is 1. The van der Waals surface area contributed by atoms with E-state index in [1.54, 1.807) is 23.6 Å². The minimum absolute atomic E-state index is 0.187. The molecule has 0 saturated carbocycles. The molecule has 0 spiro atoms. The maximum atomic E-state index is 13.3. The summed E-state index contributed by atoms with van der Waals surface area (Å²) < 4.78 is 13.3. The second kappa shape index (κ2) is 7.44. The van der Waals surface area contributed by atoms with Gasteiger partial charge in [-0.25, -0.2) is 14.2 Å². The van der Waals surface area contributed by atoms with Crippen LogP contribution in [0.5, 0.6) is 0 Å². The highest BCUT2D eigenvalue weighted by Gasteiger charge is 2.10. The van der Waals surface area contributed by atoms with Crippen molar-refractivity contribution in [1.82, 2.24) is 20.6 Å². The first-order valence-corrected chi connectivity index (χ1v) is 8.68. The van der Waals surface area contributed by atoms with Gasteiger partial charge in [0.25, 0.3) is 0 Å².